The molecule has 0 unspecified atom stereocenters. The van der Waals surface area contributed by atoms with Crippen LogP contribution in [0.5, 0.6) is 5.75 Å². The average molecular weight is 500 g/mol. The minimum absolute atomic E-state index is 0.00890. The maximum atomic E-state index is 13.1. The molecule has 2 bridgehead atoms. The Morgan fingerprint density at radius 2 is 1.82 bits per heavy atom. The fourth-order valence-corrected chi connectivity index (χ4v) is 4.31. The van der Waals surface area contributed by atoms with Crippen molar-refractivity contribution >= 4 is 22.1 Å². The van der Waals surface area contributed by atoms with E-state index in [2.05, 4.69) is 4.18 Å². The Labute approximate surface area is 192 Å². The highest BCUT2D eigenvalue weighted by Gasteiger charge is 2.52. The number of hydroxylamine groups is 2. The van der Waals surface area contributed by atoms with E-state index in [0.29, 0.717) is 0 Å². The summed E-state index contributed by atoms with van der Waals surface area (Å²) in [5, 5.41) is 1.02. The van der Waals surface area contributed by atoms with Crippen LogP contribution in [0.4, 0.5) is 18.0 Å². The molecule has 0 spiro atoms. The molecule has 13 heteroatoms. The smallest absolute Gasteiger partial charge is 0.464 e. The van der Waals surface area contributed by atoms with Crippen LogP contribution in [-0.4, -0.2) is 49.0 Å². The molecule has 1 saturated heterocycles. The molecule has 0 aromatic heterocycles. The summed E-state index contributed by atoms with van der Waals surface area (Å²) in [5.74, 6) is -1.36. The highest BCUT2D eigenvalue weighted by Crippen LogP contribution is 2.46. The number of hydrogen-bond acceptors (Lipinski definition) is 7. The van der Waals surface area contributed by atoms with E-state index < -0.39 is 45.5 Å². The van der Waals surface area contributed by atoms with Crippen LogP contribution in [0.15, 0.2) is 48.5 Å². The van der Waals surface area contributed by atoms with Gasteiger partial charge in [-0.3, -0.25) is 4.84 Å². The number of fused-ring (bicyclic) bond motifs is 4. The monoisotopic (exact) mass is 500 g/mol. The molecular weight excluding hydrogens is 481 g/mol. The SMILES string of the molecule is CCOC(=O)[C@H]1c2ccc(OS(=O)(=O)C(F)(F)F)cc2[C@H]2CN1C(=O)N2OCc1ccccc1. The maximum absolute atomic E-state index is 13.1. The summed E-state index contributed by atoms with van der Waals surface area (Å²) < 4.78 is 70.6. The number of esters is 1. The number of carbonyl (C=O) groups excluding carboxylic acids is 2. The first-order chi connectivity index (χ1) is 16.0. The van der Waals surface area contributed by atoms with Gasteiger partial charge in [0.2, 0.25) is 0 Å². The number of hydrogen-bond donors (Lipinski definition) is 0. The van der Waals surface area contributed by atoms with E-state index in [0.717, 1.165) is 22.8 Å². The van der Waals surface area contributed by atoms with Crippen molar-refractivity contribution in [3.05, 3.63) is 65.2 Å². The number of carbonyl (C=O) groups is 2. The van der Waals surface area contributed by atoms with Crippen molar-refractivity contribution in [2.24, 2.45) is 0 Å². The van der Waals surface area contributed by atoms with Crippen molar-refractivity contribution in [3.8, 4) is 5.75 Å². The predicted molar refractivity (Wildman–Crippen MR) is 109 cm³/mol. The molecule has 2 heterocycles. The molecule has 2 aromatic rings. The highest BCUT2D eigenvalue weighted by atomic mass is 32.2. The van der Waals surface area contributed by atoms with Gasteiger partial charge >= 0.3 is 27.6 Å². The molecule has 182 valence electrons. The topological polar surface area (TPSA) is 102 Å². The zero-order chi connectivity index (χ0) is 24.7. The number of urea groups is 1. The van der Waals surface area contributed by atoms with Crippen LogP contribution in [0.25, 0.3) is 0 Å². The minimum atomic E-state index is -5.91. The van der Waals surface area contributed by atoms with Gasteiger partial charge in [0.05, 0.1) is 13.2 Å². The summed E-state index contributed by atoms with van der Waals surface area (Å²) in [7, 11) is -5.91. The Kier molecular flexibility index (Phi) is 6.16. The third-order valence-electron chi connectivity index (χ3n) is 5.32. The molecular formula is C21H19F3N2O7S. The summed E-state index contributed by atoms with van der Waals surface area (Å²) >= 11 is 0. The second-order valence-electron chi connectivity index (χ2n) is 7.46. The summed E-state index contributed by atoms with van der Waals surface area (Å²) in [6.45, 7) is 1.61. The second-order valence-corrected chi connectivity index (χ2v) is 9.00. The molecule has 2 aliphatic rings. The van der Waals surface area contributed by atoms with Gasteiger partial charge in [0.25, 0.3) is 0 Å². The summed E-state index contributed by atoms with van der Waals surface area (Å²) in [4.78, 5) is 32.7. The van der Waals surface area contributed by atoms with Crippen molar-refractivity contribution < 1.29 is 44.9 Å². The molecule has 1 fully saturated rings. The van der Waals surface area contributed by atoms with E-state index in [4.69, 9.17) is 9.57 Å². The predicted octanol–water partition coefficient (Wildman–Crippen LogP) is 3.44. The summed E-state index contributed by atoms with van der Waals surface area (Å²) in [5.41, 5.74) is -4.39. The second kappa shape index (κ2) is 8.80. The molecule has 9 nitrogen and oxygen atoms in total. The lowest BCUT2D eigenvalue weighted by Crippen LogP contribution is -2.39. The van der Waals surface area contributed by atoms with Crippen LogP contribution in [0.2, 0.25) is 0 Å². The standard InChI is InChI=1S/C21H19F3N2O7S/c1-2-31-19(27)18-15-9-8-14(33-34(29,30)21(22,23)24)10-16(15)17-11-25(18)20(28)26(17)32-12-13-6-4-3-5-7-13/h3-10,17-18H,2,11-12H2,1H3/t17-,18-/m1/s1. The fourth-order valence-electron chi connectivity index (χ4n) is 3.86. The number of rotatable bonds is 7. The zero-order valence-corrected chi connectivity index (χ0v) is 18.5. The maximum Gasteiger partial charge on any atom is 0.534 e. The number of ether oxygens (including phenoxy) is 1. The molecule has 0 saturated carbocycles. The van der Waals surface area contributed by atoms with E-state index >= 15 is 0 Å². The van der Waals surface area contributed by atoms with Crippen LogP contribution in [-0.2, 0) is 31.1 Å². The lowest BCUT2D eigenvalue weighted by Gasteiger charge is -2.31. The lowest BCUT2D eigenvalue weighted by atomic mass is 9.91. The summed E-state index contributed by atoms with van der Waals surface area (Å²) in [6, 6.07) is 9.56. The van der Waals surface area contributed by atoms with Gasteiger partial charge in [-0.05, 0) is 35.7 Å². The van der Waals surface area contributed by atoms with Crippen molar-refractivity contribution in [3.63, 3.8) is 0 Å². The number of nitrogens with zero attached hydrogens (tertiary/aromatic N) is 2. The summed E-state index contributed by atoms with van der Waals surface area (Å²) in [6.07, 6.45) is 0. The van der Waals surface area contributed by atoms with E-state index in [1.54, 1.807) is 37.3 Å². The first-order valence-electron chi connectivity index (χ1n) is 10.1. The molecule has 0 aliphatic carbocycles. The molecule has 34 heavy (non-hydrogen) atoms. The van der Waals surface area contributed by atoms with Gasteiger partial charge in [-0.2, -0.15) is 26.7 Å². The largest absolute Gasteiger partial charge is 0.534 e. The molecule has 2 aromatic carbocycles. The van der Waals surface area contributed by atoms with E-state index in [-0.39, 0.29) is 30.9 Å². The van der Waals surface area contributed by atoms with Crippen LogP contribution < -0.4 is 4.18 Å². The van der Waals surface area contributed by atoms with Gasteiger partial charge in [-0.25, -0.2) is 9.59 Å². The van der Waals surface area contributed by atoms with Crippen LogP contribution in [0.3, 0.4) is 0 Å². The van der Waals surface area contributed by atoms with Gasteiger partial charge in [0.15, 0.2) is 6.04 Å². The lowest BCUT2D eigenvalue weighted by molar-refractivity contribution is -0.149. The van der Waals surface area contributed by atoms with Gasteiger partial charge < -0.3 is 13.8 Å². The van der Waals surface area contributed by atoms with Crippen LogP contribution in [0, 0.1) is 0 Å². The zero-order valence-electron chi connectivity index (χ0n) is 17.7. The number of amides is 2. The average Bonchev–Trinajstić information content (AvgIpc) is 3.05. The highest BCUT2D eigenvalue weighted by molar-refractivity contribution is 7.88. The Hall–Kier alpha value is -3.32. The van der Waals surface area contributed by atoms with Crippen molar-refractivity contribution in [2.75, 3.05) is 13.2 Å². The molecule has 2 aliphatic heterocycles. The fraction of sp³-hybridized carbons (Fsp3) is 0.333. The molecule has 0 radical (unpaired) electrons. The van der Waals surface area contributed by atoms with Gasteiger partial charge in [0, 0.05) is 0 Å². The Morgan fingerprint density at radius 1 is 1.12 bits per heavy atom. The normalized spacial score (nSPS) is 19.7. The van der Waals surface area contributed by atoms with Crippen molar-refractivity contribution in [1.82, 2.24) is 9.96 Å². The third-order valence-corrected chi connectivity index (χ3v) is 6.30. The number of halogens is 3. The van der Waals surface area contributed by atoms with E-state index in [9.17, 15) is 31.2 Å². The number of alkyl halides is 3. The van der Waals surface area contributed by atoms with Gasteiger partial charge in [0.1, 0.15) is 18.4 Å². The first-order valence-corrected chi connectivity index (χ1v) is 11.5. The Balaban J connectivity index is 1.71. The van der Waals surface area contributed by atoms with Crippen LogP contribution in [0.1, 0.15) is 35.7 Å². The molecule has 2 amide bonds. The molecule has 0 N–H and O–H groups in total. The van der Waals surface area contributed by atoms with Crippen molar-refractivity contribution in [2.45, 2.75) is 31.1 Å². The van der Waals surface area contributed by atoms with E-state index in [1.807, 2.05) is 0 Å². The van der Waals surface area contributed by atoms with Crippen molar-refractivity contribution in [1.29, 1.82) is 0 Å². The Morgan fingerprint density at radius 3 is 2.47 bits per heavy atom. The Bertz CT molecular complexity index is 1200. The van der Waals surface area contributed by atoms with E-state index in [1.165, 1.54) is 11.0 Å². The van der Waals surface area contributed by atoms with Gasteiger partial charge in [-0.15, -0.1) is 0 Å². The third kappa shape index (κ3) is 4.28. The first kappa shape index (κ1) is 23.8. The van der Waals surface area contributed by atoms with Gasteiger partial charge in [-0.1, -0.05) is 36.4 Å². The molecule has 4 rings (SSSR count). The number of benzene rings is 2. The van der Waals surface area contributed by atoms with Crippen LogP contribution >= 0.6 is 0 Å². The molecule has 2 atom stereocenters. The minimum Gasteiger partial charge on any atom is -0.464 e. The quantitative estimate of drug-likeness (QED) is 0.326.